The Kier molecular flexibility index (Phi) is 7.44. The van der Waals surface area contributed by atoms with Crippen LogP contribution in [0, 0.1) is 6.92 Å². The lowest BCUT2D eigenvalue weighted by Gasteiger charge is -2.21. The first kappa shape index (κ1) is 24.7. The van der Waals surface area contributed by atoms with Gasteiger partial charge in [-0.1, -0.05) is 25.1 Å². The van der Waals surface area contributed by atoms with Crippen molar-refractivity contribution in [2.45, 2.75) is 43.9 Å². The van der Waals surface area contributed by atoms with Gasteiger partial charge in [0.1, 0.15) is 10.6 Å². The third-order valence-corrected chi connectivity index (χ3v) is 7.69. The SMILES string of the molecule is CCOC(=O)C1(c2ccc(NC(=O)CN(CC)S(=O)(=O)c3cc(C)ccc3OC)cc2)CC1. The molecule has 178 valence electrons. The molecule has 1 aliphatic carbocycles. The Bertz CT molecular complexity index is 1120. The minimum absolute atomic E-state index is 0.0256. The summed E-state index contributed by atoms with van der Waals surface area (Å²) in [7, 11) is -2.53. The second-order valence-electron chi connectivity index (χ2n) is 8.01. The van der Waals surface area contributed by atoms with Crippen LogP contribution in [0.25, 0.3) is 0 Å². The molecule has 33 heavy (non-hydrogen) atoms. The fourth-order valence-electron chi connectivity index (χ4n) is 3.73. The summed E-state index contributed by atoms with van der Waals surface area (Å²) in [5, 5.41) is 2.73. The van der Waals surface area contributed by atoms with Crippen molar-refractivity contribution in [3.8, 4) is 5.75 Å². The van der Waals surface area contributed by atoms with Gasteiger partial charge in [0.05, 0.1) is 25.7 Å². The first-order valence-electron chi connectivity index (χ1n) is 10.9. The normalized spacial score (nSPS) is 14.6. The fourth-order valence-corrected chi connectivity index (χ4v) is 5.38. The fraction of sp³-hybridized carbons (Fsp3) is 0.417. The van der Waals surface area contributed by atoms with E-state index in [-0.39, 0.29) is 29.7 Å². The number of nitrogens with one attached hydrogen (secondary N) is 1. The Hall–Kier alpha value is -2.91. The largest absolute Gasteiger partial charge is 0.495 e. The van der Waals surface area contributed by atoms with Crippen molar-refractivity contribution in [1.29, 1.82) is 0 Å². The third kappa shape index (κ3) is 5.20. The standard InChI is InChI=1S/C24H30N2O6S/c1-5-26(33(29,30)21-15-17(3)7-12-20(21)31-4)16-22(27)25-19-10-8-18(9-11-19)24(13-14-24)23(28)32-6-2/h7-12,15H,5-6,13-14,16H2,1-4H3,(H,25,27). The first-order chi connectivity index (χ1) is 15.7. The molecule has 0 heterocycles. The molecule has 0 bridgehead atoms. The molecule has 0 radical (unpaired) electrons. The second-order valence-corrected chi connectivity index (χ2v) is 9.92. The van der Waals surface area contributed by atoms with E-state index in [1.807, 2.05) is 0 Å². The zero-order chi connectivity index (χ0) is 24.2. The highest BCUT2D eigenvalue weighted by Gasteiger charge is 2.52. The Morgan fingerprint density at radius 3 is 2.30 bits per heavy atom. The van der Waals surface area contributed by atoms with E-state index in [0.717, 1.165) is 28.3 Å². The van der Waals surface area contributed by atoms with Gasteiger partial charge >= 0.3 is 5.97 Å². The molecular weight excluding hydrogens is 444 g/mol. The summed E-state index contributed by atoms with van der Waals surface area (Å²) in [5.41, 5.74) is 1.55. The number of likely N-dealkylation sites (N-methyl/N-ethyl adjacent to an activating group) is 1. The molecule has 1 fully saturated rings. The first-order valence-corrected chi connectivity index (χ1v) is 12.3. The van der Waals surface area contributed by atoms with E-state index in [1.54, 1.807) is 57.2 Å². The molecule has 0 spiro atoms. The van der Waals surface area contributed by atoms with Gasteiger partial charge in [0.15, 0.2) is 0 Å². The number of amides is 1. The van der Waals surface area contributed by atoms with Crippen LogP contribution in [0.2, 0.25) is 0 Å². The summed E-state index contributed by atoms with van der Waals surface area (Å²) in [6, 6.07) is 11.9. The average molecular weight is 475 g/mol. The zero-order valence-electron chi connectivity index (χ0n) is 19.4. The highest BCUT2D eigenvalue weighted by atomic mass is 32.2. The number of rotatable bonds is 10. The lowest BCUT2D eigenvalue weighted by molar-refractivity contribution is -0.146. The van der Waals surface area contributed by atoms with Crippen molar-refractivity contribution >= 4 is 27.6 Å². The highest BCUT2D eigenvalue weighted by Crippen LogP contribution is 2.49. The molecule has 1 saturated carbocycles. The summed E-state index contributed by atoms with van der Waals surface area (Å²) in [4.78, 5) is 24.9. The molecular formula is C24H30N2O6S. The molecule has 8 nitrogen and oxygen atoms in total. The van der Waals surface area contributed by atoms with Gasteiger partial charge in [0, 0.05) is 12.2 Å². The Morgan fingerprint density at radius 1 is 1.09 bits per heavy atom. The maximum atomic E-state index is 13.2. The molecule has 0 aliphatic heterocycles. The van der Waals surface area contributed by atoms with Crippen molar-refractivity contribution in [1.82, 2.24) is 4.31 Å². The van der Waals surface area contributed by atoms with Gasteiger partial charge in [-0.15, -0.1) is 0 Å². The molecule has 3 rings (SSSR count). The molecule has 2 aromatic carbocycles. The van der Waals surface area contributed by atoms with Crippen LogP contribution in [0.5, 0.6) is 5.75 Å². The van der Waals surface area contributed by atoms with E-state index in [1.165, 1.54) is 13.2 Å². The highest BCUT2D eigenvalue weighted by molar-refractivity contribution is 7.89. The van der Waals surface area contributed by atoms with Crippen molar-refractivity contribution in [3.63, 3.8) is 0 Å². The van der Waals surface area contributed by atoms with E-state index >= 15 is 0 Å². The van der Waals surface area contributed by atoms with Crippen LogP contribution in [0.3, 0.4) is 0 Å². The number of anilines is 1. The van der Waals surface area contributed by atoms with Gasteiger partial charge in [-0.05, 0) is 62.1 Å². The lowest BCUT2D eigenvalue weighted by atomic mass is 9.96. The lowest BCUT2D eigenvalue weighted by Crippen LogP contribution is -2.38. The summed E-state index contributed by atoms with van der Waals surface area (Å²) in [5.74, 6) is -0.464. The quantitative estimate of drug-likeness (QED) is 0.531. The monoisotopic (exact) mass is 474 g/mol. The van der Waals surface area contributed by atoms with Crippen molar-refractivity contribution in [2.24, 2.45) is 0 Å². The molecule has 0 unspecified atom stereocenters. The Labute approximate surface area is 194 Å². The second kappa shape index (κ2) is 9.93. The molecule has 1 N–H and O–H groups in total. The molecule has 0 saturated heterocycles. The van der Waals surface area contributed by atoms with E-state index in [4.69, 9.17) is 9.47 Å². The van der Waals surface area contributed by atoms with Gasteiger partial charge < -0.3 is 14.8 Å². The predicted molar refractivity (Wildman–Crippen MR) is 125 cm³/mol. The van der Waals surface area contributed by atoms with E-state index in [2.05, 4.69) is 5.32 Å². The van der Waals surface area contributed by atoms with Crippen molar-refractivity contribution in [2.75, 3.05) is 32.1 Å². The molecule has 1 aliphatic rings. The van der Waals surface area contributed by atoms with Crippen molar-refractivity contribution in [3.05, 3.63) is 53.6 Å². The average Bonchev–Trinajstić information content (AvgIpc) is 3.60. The van der Waals surface area contributed by atoms with E-state index < -0.39 is 21.3 Å². The maximum Gasteiger partial charge on any atom is 0.316 e. The number of hydrogen-bond donors (Lipinski definition) is 1. The molecule has 0 aromatic heterocycles. The van der Waals surface area contributed by atoms with E-state index in [0.29, 0.717) is 12.3 Å². The summed E-state index contributed by atoms with van der Waals surface area (Å²) in [6.45, 7) is 5.35. The number of benzene rings is 2. The van der Waals surface area contributed by atoms with Crippen LogP contribution in [-0.2, 0) is 29.8 Å². The van der Waals surface area contributed by atoms with Crippen LogP contribution in [0.4, 0.5) is 5.69 Å². The van der Waals surface area contributed by atoms with Crippen LogP contribution in [0.1, 0.15) is 37.8 Å². The molecule has 9 heteroatoms. The van der Waals surface area contributed by atoms with Crippen LogP contribution >= 0.6 is 0 Å². The summed E-state index contributed by atoms with van der Waals surface area (Å²) in [6.07, 6.45) is 1.48. The Morgan fingerprint density at radius 2 is 1.76 bits per heavy atom. The number of aryl methyl sites for hydroxylation is 1. The number of carbonyl (C=O) groups is 2. The molecule has 0 atom stereocenters. The van der Waals surface area contributed by atoms with Crippen LogP contribution in [0.15, 0.2) is 47.4 Å². The van der Waals surface area contributed by atoms with Gasteiger partial charge in [0.25, 0.3) is 0 Å². The van der Waals surface area contributed by atoms with Crippen LogP contribution < -0.4 is 10.1 Å². The number of nitrogens with zero attached hydrogens (tertiary/aromatic N) is 1. The zero-order valence-corrected chi connectivity index (χ0v) is 20.2. The number of ether oxygens (including phenoxy) is 2. The smallest absolute Gasteiger partial charge is 0.316 e. The topological polar surface area (TPSA) is 102 Å². The maximum absolute atomic E-state index is 13.2. The summed E-state index contributed by atoms with van der Waals surface area (Å²) < 4.78 is 37.9. The third-order valence-electron chi connectivity index (χ3n) is 5.75. The molecule has 2 aromatic rings. The Balaban J connectivity index is 1.71. The number of hydrogen-bond acceptors (Lipinski definition) is 6. The number of sulfonamides is 1. The van der Waals surface area contributed by atoms with Gasteiger partial charge in [-0.2, -0.15) is 4.31 Å². The van der Waals surface area contributed by atoms with E-state index in [9.17, 15) is 18.0 Å². The summed E-state index contributed by atoms with van der Waals surface area (Å²) >= 11 is 0. The van der Waals surface area contributed by atoms with Gasteiger partial charge in [-0.3, -0.25) is 9.59 Å². The van der Waals surface area contributed by atoms with Gasteiger partial charge in [0.2, 0.25) is 15.9 Å². The number of carbonyl (C=O) groups excluding carboxylic acids is 2. The number of esters is 1. The van der Waals surface area contributed by atoms with Crippen molar-refractivity contribution < 1.29 is 27.5 Å². The number of methoxy groups -OCH3 is 1. The predicted octanol–water partition coefficient (Wildman–Crippen LogP) is 3.25. The minimum Gasteiger partial charge on any atom is -0.495 e. The van der Waals surface area contributed by atoms with Gasteiger partial charge in [-0.25, -0.2) is 8.42 Å². The molecule has 1 amide bonds. The minimum atomic E-state index is -3.94. The van der Waals surface area contributed by atoms with Crippen LogP contribution in [-0.4, -0.2) is 51.4 Å².